The third-order valence-electron chi connectivity index (χ3n) is 3.30. The van der Waals surface area contributed by atoms with Crippen LogP contribution in [0.3, 0.4) is 0 Å². The molecule has 126 valence electrons. The quantitative estimate of drug-likeness (QED) is 0.510. The largest absolute Gasteiger partial charge is 0.479 e. The predicted molar refractivity (Wildman–Crippen MR) is 75.0 cm³/mol. The number of aliphatic hydroxyl groups excluding tert-OH is 3. The number of amides is 1. The van der Waals surface area contributed by atoms with Crippen LogP contribution in [-0.4, -0.2) is 63.0 Å². The van der Waals surface area contributed by atoms with Crippen molar-refractivity contribution in [3.05, 3.63) is 30.3 Å². The van der Waals surface area contributed by atoms with E-state index in [9.17, 15) is 24.9 Å². The number of carbonyl (C=O) groups excluding carboxylic acids is 1. The fourth-order valence-corrected chi connectivity index (χ4v) is 2.12. The lowest BCUT2D eigenvalue weighted by molar-refractivity contribution is -0.295. The number of aliphatic hydroxyl groups is 3. The number of hydroxylamine groups is 1. The minimum atomic E-state index is -1.83. The van der Waals surface area contributed by atoms with Gasteiger partial charge < -0.3 is 25.2 Å². The molecule has 9 nitrogen and oxygen atoms in total. The summed E-state index contributed by atoms with van der Waals surface area (Å²) in [4.78, 5) is 28.0. The lowest BCUT2D eigenvalue weighted by Gasteiger charge is -2.39. The van der Waals surface area contributed by atoms with Crippen molar-refractivity contribution in [1.82, 2.24) is 0 Å². The lowest BCUT2D eigenvalue weighted by atomic mass is 9.99. The van der Waals surface area contributed by atoms with Crippen LogP contribution in [0.4, 0.5) is 5.69 Å². The number of aliphatic carboxylic acids is 1. The predicted octanol–water partition coefficient (Wildman–Crippen LogP) is -1.14. The number of ether oxygens (including phenoxy) is 1. The van der Waals surface area contributed by atoms with Crippen LogP contribution in [0, 0.1) is 0 Å². The van der Waals surface area contributed by atoms with Gasteiger partial charge in [-0.05, 0) is 12.1 Å². The normalized spacial score (nSPS) is 30.7. The maximum absolute atomic E-state index is 11.7. The highest BCUT2D eigenvalue weighted by Crippen LogP contribution is 2.25. The number of hydrogen-bond donors (Lipinski definition) is 4. The second kappa shape index (κ2) is 7.02. The molecule has 0 bridgehead atoms. The van der Waals surface area contributed by atoms with Gasteiger partial charge in [-0.3, -0.25) is 4.79 Å². The van der Waals surface area contributed by atoms with Crippen LogP contribution >= 0.6 is 0 Å². The Morgan fingerprint density at radius 1 is 1.09 bits per heavy atom. The summed E-state index contributed by atoms with van der Waals surface area (Å²) in [5.41, 5.74) is 0.322. The van der Waals surface area contributed by atoms with Gasteiger partial charge in [-0.2, -0.15) is 5.06 Å². The Morgan fingerprint density at radius 2 is 1.70 bits per heavy atom. The molecule has 1 aliphatic rings. The first-order chi connectivity index (χ1) is 10.8. The standard InChI is InChI=1S/C14H17NO8/c1-7(16)15(8-5-3-2-4-6-8)23-14-11(19)9(17)10(18)12(22-14)13(20)21/h2-6,9-12,14,17-19H,1H3,(H,20,21)/t9-,10-,11+,12-,14?/m0/s1. The van der Waals surface area contributed by atoms with Crippen molar-refractivity contribution in [1.29, 1.82) is 0 Å². The van der Waals surface area contributed by atoms with E-state index in [-0.39, 0.29) is 0 Å². The molecule has 23 heavy (non-hydrogen) atoms. The van der Waals surface area contributed by atoms with Gasteiger partial charge in [0.2, 0.25) is 12.2 Å². The fourth-order valence-electron chi connectivity index (χ4n) is 2.12. The Hall–Kier alpha value is -2.04. The third-order valence-corrected chi connectivity index (χ3v) is 3.30. The van der Waals surface area contributed by atoms with E-state index in [0.29, 0.717) is 5.69 Å². The van der Waals surface area contributed by atoms with Crippen LogP contribution in [0.15, 0.2) is 30.3 Å². The number of carboxylic acids is 1. The van der Waals surface area contributed by atoms with Crippen LogP contribution in [0.2, 0.25) is 0 Å². The maximum Gasteiger partial charge on any atom is 0.335 e. The Kier molecular flexibility index (Phi) is 5.29. The van der Waals surface area contributed by atoms with E-state index in [0.717, 1.165) is 5.06 Å². The molecule has 4 N–H and O–H groups in total. The average Bonchev–Trinajstić information content (AvgIpc) is 2.52. The highest BCUT2D eigenvalue weighted by atomic mass is 16.8. The molecule has 1 unspecified atom stereocenters. The number of carboxylic acid groups (broad SMARTS) is 1. The first kappa shape index (κ1) is 17.3. The van der Waals surface area contributed by atoms with Gasteiger partial charge in [-0.1, -0.05) is 18.2 Å². The smallest absolute Gasteiger partial charge is 0.335 e. The topological polar surface area (TPSA) is 137 Å². The number of para-hydroxylation sites is 1. The minimum Gasteiger partial charge on any atom is -0.479 e. The monoisotopic (exact) mass is 327 g/mol. The van der Waals surface area contributed by atoms with Crippen molar-refractivity contribution in [2.45, 2.75) is 37.6 Å². The molecule has 1 aliphatic heterocycles. The van der Waals surface area contributed by atoms with Crippen LogP contribution in [0.25, 0.3) is 0 Å². The summed E-state index contributed by atoms with van der Waals surface area (Å²) in [7, 11) is 0. The van der Waals surface area contributed by atoms with Crippen molar-refractivity contribution >= 4 is 17.6 Å². The Morgan fingerprint density at radius 3 is 2.22 bits per heavy atom. The van der Waals surface area contributed by atoms with Crippen molar-refractivity contribution in [3.63, 3.8) is 0 Å². The van der Waals surface area contributed by atoms with Crippen molar-refractivity contribution in [3.8, 4) is 0 Å². The maximum atomic E-state index is 11.7. The van der Waals surface area contributed by atoms with Gasteiger partial charge in [0, 0.05) is 6.92 Å². The minimum absolute atomic E-state index is 0.322. The van der Waals surface area contributed by atoms with Gasteiger partial charge in [-0.25, -0.2) is 9.63 Å². The van der Waals surface area contributed by atoms with Crippen LogP contribution < -0.4 is 5.06 Å². The Labute approximate surface area is 131 Å². The summed E-state index contributed by atoms with van der Waals surface area (Å²) in [6.45, 7) is 1.20. The van der Waals surface area contributed by atoms with Gasteiger partial charge in [-0.15, -0.1) is 0 Å². The van der Waals surface area contributed by atoms with Gasteiger partial charge in [0.15, 0.2) is 6.10 Å². The number of anilines is 1. The molecule has 2 rings (SSSR count). The molecular weight excluding hydrogens is 310 g/mol. The second-order valence-electron chi connectivity index (χ2n) is 4.99. The van der Waals surface area contributed by atoms with Gasteiger partial charge in [0.05, 0.1) is 5.69 Å². The van der Waals surface area contributed by atoms with Crippen LogP contribution in [0.5, 0.6) is 0 Å². The molecular formula is C14H17NO8. The number of nitrogens with zero attached hydrogens (tertiary/aromatic N) is 1. The zero-order valence-corrected chi connectivity index (χ0v) is 12.1. The molecule has 0 saturated carbocycles. The van der Waals surface area contributed by atoms with Crippen molar-refractivity contribution < 1.29 is 39.6 Å². The fraction of sp³-hybridized carbons (Fsp3) is 0.429. The summed E-state index contributed by atoms with van der Waals surface area (Å²) >= 11 is 0. The summed E-state index contributed by atoms with van der Waals surface area (Å²) < 4.78 is 4.97. The molecule has 1 fully saturated rings. The third kappa shape index (κ3) is 3.66. The molecule has 9 heteroatoms. The molecule has 1 aromatic rings. The average molecular weight is 327 g/mol. The van der Waals surface area contributed by atoms with E-state index in [1.807, 2.05) is 0 Å². The first-order valence-electron chi connectivity index (χ1n) is 6.78. The van der Waals surface area contributed by atoms with E-state index in [1.165, 1.54) is 6.92 Å². The van der Waals surface area contributed by atoms with Gasteiger partial charge in [0.1, 0.15) is 18.3 Å². The van der Waals surface area contributed by atoms with Crippen molar-refractivity contribution in [2.75, 3.05) is 5.06 Å². The molecule has 0 aliphatic carbocycles. The Bertz CT molecular complexity index is 565. The zero-order chi connectivity index (χ0) is 17.1. The highest BCUT2D eigenvalue weighted by molar-refractivity contribution is 5.89. The SMILES string of the molecule is CC(=O)N(OC1O[C@H](C(=O)O)[C@@H](O)[C@H](O)[C@H]1O)c1ccccc1. The van der Waals surface area contributed by atoms with Crippen molar-refractivity contribution in [2.24, 2.45) is 0 Å². The van der Waals surface area contributed by atoms with E-state index < -0.39 is 42.6 Å². The molecule has 1 aromatic carbocycles. The molecule has 1 saturated heterocycles. The first-order valence-corrected chi connectivity index (χ1v) is 6.78. The van der Waals surface area contributed by atoms with E-state index >= 15 is 0 Å². The summed E-state index contributed by atoms with van der Waals surface area (Å²) in [6.07, 6.45) is -8.84. The lowest BCUT2D eigenvalue weighted by Crippen LogP contribution is -2.61. The highest BCUT2D eigenvalue weighted by Gasteiger charge is 2.48. The molecule has 5 atom stereocenters. The molecule has 1 amide bonds. The second-order valence-corrected chi connectivity index (χ2v) is 4.99. The summed E-state index contributed by atoms with van der Waals surface area (Å²) in [6, 6.07) is 8.11. The van der Waals surface area contributed by atoms with Gasteiger partial charge in [0.25, 0.3) is 0 Å². The molecule has 1 heterocycles. The van der Waals surface area contributed by atoms with Crippen LogP contribution in [0.1, 0.15) is 6.92 Å². The molecule has 0 radical (unpaired) electrons. The molecule has 0 spiro atoms. The van der Waals surface area contributed by atoms with Gasteiger partial charge >= 0.3 is 5.97 Å². The number of carbonyl (C=O) groups is 2. The van der Waals surface area contributed by atoms with E-state index in [4.69, 9.17) is 14.7 Å². The van der Waals surface area contributed by atoms with Crippen LogP contribution in [-0.2, 0) is 19.2 Å². The van der Waals surface area contributed by atoms with E-state index in [1.54, 1.807) is 30.3 Å². The Balaban J connectivity index is 2.21. The number of benzene rings is 1. The number of rotatable bonds is 4. The van der Waals surface area contributed by atoms with E-state index in [2.05, 4.69) is 0 Å². The number of hydrogen-bond acceptors (Lipinski definition) is 7. The molecule has 0 aromatic heterocycles. The zero-order valence-electron chi connectivity index (χ0n) is 12.1. The summed E-state index contributed by atoms with van der Waals surface area (Å²) in [5, 5.41) is 39.0. The summed E-state index contributed by atoms with van der Waals surface area (Å²) in [5.74, 6) is -2.09.